The van der Waals surface area contributed by atoms with Crippen LogP contribution in [0.5, 0.6) is 0 Å². The van der Waals surface area contributed by atoms with Crippen LogP contribution in [0.1, 0.15) is 24.0 Å². The number of nitrogens with zero attached hydrogens (tertiary/aromatic N) is 2. The second-order valence-corrected chi connectivity index (χ2v) is 9.94. The minimum atomic E-state index is -0.367. The number of hydrogen-bond donors (Lipinski definition) is 1. The Hall–Kier alpha value is -3.01. The predicted molar refractivity (Wildman–Crippen MR) is 135 cm³/mol. The number of fused-ring (bicyclic) bond motifs is 1. The maximum atomic E-state index is 13.5. The Morgan fingerprint density at radius 1 is 1.06 bits per heavy atom. The lowest BCUT2D eigenvalue weighted by Gasteiger charge is -2.18. The van der Waals surface area contributed by atoms with Crippen LogP contribution in [0, 0.1) is 0 Å². The van der Waals surface area contributed by atoms with Crippen molar-refractivity contribution in [3.8, 4) is 0 Å². The zero-order chi connectivity index (χ0) is 23.7. The minimum Gasteiger partial charge on any atom is -0.376 e. The molecule has 7 nitrogen and oxygen atoms in total. The normalized spacial score (nSPS) is 22.0. The first kappa shape index (κ1) is 22.8. The maximum Gasteiger partial charge on any atom is 0.267 e. The number of hydrogen-bond acceptors (Lipinski definition) is 6. The highest BCUT2D eigenvalue weighted by Gasteiger charge is 2.43. The fraction of sp³-hybridized carbons (Fsp3) is 0.280. The van der Waals surface area contributed by atoms with Crippen LogP contribution in [0.15, 0.2) is 59.5 Å². The molecule has 0 spiro atoms. The maximum absolute atomic E-state index is 13.5. The van der Waals surface area contributed by atoms with E-state index in [1.165, 1.54) is 9.80 Å². The van der Waals surface area contributed by atoms with Gasteiger partial charge in [0.2, 0.25) is 5.91 Å². The van der Waals surface area contributed by atoms with Crippen molar-refractivity contribution in [3.63, 3.8) is 0 Å². The van der Waals surface area contributed by atoms with Gasteiger partial charge in [0.15, 0.2) is 0 Å². The number of nitrogens with one attached hydrogen (secondary N) is 1. The van der Waals surface area contributed by atoms with Gasteiger partial charge in [-0.2, -0.15) is 0 Å². The van der Waals surface area contributed by atoms with Crippen molar-refractivity contribution in [2.24, 2.45) is 0 Å². The third kappa shape index (κ3) is 4.38. The molecule has 0 saturated carbocycles. The molecule has 3 aliphatic heterocycles. The lowest BCUT2D eigenvalue weighted by molar-refractivity contribution is -0.123. The number of thiocarbonyl (C=S) groups is 1. The van der Waals surface area contributed by atoms with E-state index in [-0.39, 0.29) is 30.4 Å². The molecule has 174 valence electrons. The Morgan fingerprint density at radius 3 is 2.59 bits per heavy atom. The number of carbonyl (C=O) groups excluding carboxylic acids is 3. The summed E-state index contributed by atoms with van der Waals surface area (Å²) in [5.74, 6) is -0.924. The van der Waals surface area contributed by atoms with Gasteiger partial charge in [-0.05, 0) is 24.5 Å². The molecule has 2 aromatic rings. The third-order valence-electron chi connectivity index (χ3n) is 6.04. The van der Waals surface area contributed by atoms with Crippen LogP contribution in [0.25, 0.3) is 5.57 Å². The van der Waals surface area contributed by atoms with Crippen molar-refractivity contribution in [2.45, 2.75) is 25.5 Å². The average Bonchev–Trinajstić information content (AvgIpc) is 3.53. The van der Waals surface area contributed by atoms with Gasteiger partial charge in [0, 0.05) is 18.7 Å². The molecule has 3 amide bonds. The molecule has 5 rings (SSSR count). The summed E-state index contributed by atoms with van der Waals surface area (Å²) < 4.78 is 6.09. The SMILES string of the molecule is O=C(CN1C(=O)C(=C2SC(=S)N(CC3CCCO3)C2=O)c2ccccc21)NCc1ccccc1. The van der Waals surface area contributed by atoms with Gasteiger partial charge in [0.05, 0.1) is 28.8 Å². The Morgan fingerprint density at radius 2 is 1.82 bits per heavy atom. The molecular weight excluding hydrogens is 470 g/mol. The van der Waals surface area contributed by atoms with Crippen LogP contribution in [-0.2, 0) is 25.7 Å². The van der Waals surface area contributed by atoms with Gasteiger partial charge in [0.1, 0.15) is 10.9 Å². The lowest BCUT2D eigenvalue weighted by atomic mass is 10.1. The van der Waals surface area contributed by atoms with E-state index in [0.717, 1.165) is 30.2 Å². The number of thioether (sulfide) groups is 1. The fourth-order valence-electron chi connectivity index (χ4n) is 4.35. The first-order valence-corrected chi connectivity index (χ1v) is 12.4. The third-order valence-corrected chi connectivity index (χ3v) is 7.49. The van der Waals surface area contributed by atoms with Crippen LogP contribution >= 0.6 is 24.0 Å². The van der Waals surface area contributed by atoms with Gasteiger partial charge in [-0.15, -0.1) is 0 Å². The number of para-hydroxylation sites is 1. The minimum absolute atomic E-state index is 0.0387. The summed E-state index contributed by atoms with van der Waals surface area (Å²) in [4.78, 5) is 42.7. The fourth-order valence-corrected chi connectivity index (χ4v) is 5.70. The summed E-state index contributed by atoms with van der Waals surface area (Å²) in [5.41, 5.74) is 2.53. The van der Waals surface area contributed by atoms with E-state index in [1.54, 1.807) is 12.1 Å². The van der Waals surface area contributed by atoms with Crippen molar-refractivity contribution in [2.75, 3.05) is 24.6 Å². The number of anilines is 1. The van der Waals surface area contributed by atoms with E-state index in [2.05, 4.69) is 5.32 Å². The number of rotatable bonds is 6. The van der Waals surface area contributed by atoms with Crippen LogP contribution in [-0.4, -0.2) is 52.7 Å². The molecule has 0 aromatic heterocycles. The first-order valence-electron chi connectivity index (χ1n) is 11.1. The zero-order valence-electron chi connectivity index (χ0n) is 18.4. The van der Waals surface area contributed by atoms with E-state index < -0.39 is 0 Å². The van der Waals surface area contributed by atoms with E-state index in [4.69, 9.17) is 17.0 Å². The van der Waals surface area contributed by atoms with Gasteiger partial charge in [0.25, 0.3) is 11.8 Å². The molecule has 0 aliphatic carbocycles. The topological polar surface area (TPSA) is 79.0 Å². The van der Waals surface area contributed by atoms with Crippen molar-refractivity contribution in [1.82, 2.24) is 10.2 Å². The van der Waals surface area contributed by atoms with Crippen LogP contribution in [0.2, 0.25) is 0 Å². The van der Waals surface area contributed by atoms with Crippen molar-refractivity contribution >= 4 is 57.3 Å². The number of amides is 3. The van der Waals surface area contributed by atoms with Crippen molar-refractivity contribution in [1.29, 1.82) is 0 Å². The molecule has 3 heterocycles. The molecule has 1 atom stereocenters. The Kier molecular flexibility index (Phi) is 6.49. The van der Waals surface area contributed by atoms with Crippen LogP contribution in [0.4, 0.5) is 5.69 Å². The Bertz CT molecular complexity index is 1190. The molecular formula is C25H23N3O4S2. The van der Waals surface area contributed by atoms with Crippen LogP contribution in [0.3, 0.4) is 0 Å². The average molecular weight is 494 g/mol. The molecule has 1 unspecified atom stereocenters. The summed E-state index contributed by atoms with van der Waals surface area (Å²) in [6.45, 7) is 1.32. The predicted octanol–water partition coefficient (Wildman–Crippen LogP) is 3.10. The van der Waals surface area contributed by atoms with E-state index in [0.29, 0.717) is 45.7 Å². The van der Waals surface area contributed by atoms with Crippen molar-refractivity contribution < 1.29 is 19.1 Å². The molecule has 9 heteroatoms. The molecule has 2 saturated heterocycles. The molecule has 0 bridgehead atoms. The standard InChI is InChI=1S/C25H23N3O4S2/c29-20(26-13-16-7-2-1-3-8-16)15-27-19-11-5-4-10-18(19)21(23(27)30)22-24(31)28(25(33)34-22)14-17-9-6-12-32-17/h1-5,7-8,10-11,17H,6,9,12-15H2,(H,26,29). The number of ether oxygens (including phenoxy) is 1. The molecule has 2 fully saturated rings. The molecule has 1 N–H and O–H groups in total. The lowest BCUT2D eigenvalue weighted by Crippen LogP contribution is -2.39. The second kappa shape index (κ2) is 9.69. The molecule has 34 heavy (non-hydrogen) atoms. The molecule has 0 radical (unpaired) electrons. The highest BCUT2D eigenvalue weighted by atomic mass is 32.2. The monoisotopic (exact) mass is 493 g/mol. The van der Waals surface area contributed by atoms with Gasteiger partial charge < -0.3 is 10.1 Å². The highest BCUT2D eigenvalue weighted by Crippen LogP contribution is 2.44. The quantitative estimate of drug-likeness (QED) is 0.492. The summed E-state index contributed by atoms with van der Waals surface area (Å²) >= 11 is 6.61. The van der Waals surface area contributed by atoms with E-state index in [9.17, 15) is 14.4 Å². The van der Waals surface area contributed by atoms with E-state index in [1.807, 2.05) is 42.5 Å². The summed E-state index contributed by atoms with van der Waals surface area (Å²) in [5, 5.41) is 2.86. The molecule has 3 aliphatic rings. The Balaban J connectivity index is 1.37. The smallest absolute Gasteiger partial charge is 0.267 e. The van der Waals surface area contributed by atoms with Gasteiger partial charge in [-0.3, -0.25) is 24.2 Å². The van der Waals surface area contributed by atoms with E-state index >= 15 is 0 Å². The zero-order valence-corrected chi connectivity index (χ0v) is 20.0. The second-order valence-electron chi connectivity index (χ2n) is 8.29. The van der Waals surface area contributed by atoms with Crippen LogP contribution < -0.4 is 10.2 Å². The van der Waals surface area contributed by atoms with Gasteiger partial charge >= 0.3 is 0 Å². The summed E-state index contributed by atoms with van der Waals surface area (Å²) in [7, 11) is 0. The molecule has 2 aromatic carbocycles. The first-order chi connectivity index (χ1) is 16.5. The summed E-state index contributed by atoms with van der Waals surface area (Å²) in [6.07, 6.45) is 1.81. The highest BCUT2D eigenvalue weighted by molar-refractivity contribution is 8.26. The van der Waals surface area contributed by atoms with Gasteiger partial charge in [-0.25, -0.2) is 0 Å². The van der Waals surface area contributed by atoms with Gasteiger partial charge in [-0.1, -0.05) is 72.5 Å². The van der Waals surface area contributed by atoms with Crippen molar-refractivity contribution in [3.05, 3.63) is 70.6 Å². The Labute approximate surface area is 207 Å². The number of carbonyl (C=O) groups is 3. The summed E-state index contributed by atoms with van der Waals surface area (Å²) in [6, 6.07) is 16.8. The number of benzene rings is 2. The largest absolute Gasteiger partial charge is 0.376 e.